The standard InChI is InChI=1S/C17H10Br2N2O/c18-15-7-14(6-13(9-20)10-21)17(16(19)8-15)22-11-12-4-2-1-3-5-12/h1-8H,11H2. The molecule has 0 aliphatic carbocycles. The Bertz CT molecular complexity index is 771. The molecule has 0 atom stereocenters. The van der Waals surface area contributed by atoms with Gasteiger partial charge in [0.05, 0.1) is 4.47 Å². The molecule has 0 N–H and O–H groups in total. The van der Waals surface area contributed by atoms with Gasteiger partial charge in [-0.25, -0.2) is 0 Å². The van der Waals surface area contributed by atoms with Gasteiger partial charge in [-0.05, 0) is 39.7 Å². The second-order valence-electron chi connectivity index (χ2n) is 4.36. The van der Waals surface area contributed by atoms with Crippen LogP contribution in [0.2, 0.25) is 0 Å². The SMILES string of the molecule is N#CC(C#N)=Cc1cc(Br)cc(Br)c1OCc1ccccc1. The molecule has 0 fully saturated rings. The highest BCUT2D eigenvalue weighted by molar-refractivity contribution is 9.11. The largest absolute Gasteiger partial charge is 0.487 e. The third-order valence-corrected chi connectivity index (χ3v) is 3.85. The summed E-state index contributed by atoms with van der Waals surface area (Å²) in [6, 6.07) is 17.1. The fraction of sp³-hybridized carbons (Fsp3) is 0.0588. The van der Waals surface area contributed by atoms with E-state index in [2.05, 4.69) is 31.9 Å². The van der Waals surface area contributed by atoms with Crippen molar-refractivity contribution in [2.24, 2.45) is 0 Å². The molecule has 22 heavy (non-hydrogen) atoms. The number of nitrogens with zero attached hydrogens (tertiary/aromatic N) is 2. The zero-order valence-corrected chi connectivity index (χ0v) is 14.6. The molecule has 0 aliphatic heterocycles. The highest BCUT2D eigenvalue weighted by Crippen LogP contribution is 2.34. The van der Waals surface area contributed by atoms with Crippen molar-refractivity contribution in [3.63, 3.8) is 0 Å². The first-order valence-electron chi connectivity index (χ1n) is 6.31. The van der Waals surface area contributed by atoms with E-state index in [1.165, 1.54) is 6.08 Å². The highest BCUT2D eigenvalue weighted by atomic mass is 79.9. The Kier molecular flexibility index (Phi) is 5.77. The first kappa shape index (κ1) is 16.3. The molecule has 0 saturated carbocycles. The van der Waals surface area contributed by atoms with E-state index in [1.807, 2.05) is 48.5 Å². The summed E-state index contributed by atoms with van der Waals surface area (Å²) in [6.45, 7) is 0.399. The minimum Gasteiger partial charge on any atom is -0.487 e. The van der Waals surface area contributed by atoms with Gasteiger partial charge < -0.3 is 4.74 Å². The van der Waals surface area contributed by atoms with E-state index in [1.54, 1.807) is 6.07 Å². The molecule has 108 valence electrons. The Balaban J connectivity index is 2.36. The van der Waals surface area contributed by atoms with Crippen molar-refractivity contribution in [2.45, 2.75) is 6.61 Å². The Hall–Kier alpha value is -2.08. The fourth-order valence-electron chi connectivity index (χ4n) is 1.81. The lowest BCUT2D eigenvalue weighted by atomic mass is 10.1. The van der Waals surface area contributed by atoms with Gasteiger partial charge in [-0.15, -0.1) is 0 Å². The van der Waals surface area contributed by atoms with E-state index in [9.17, 15) is 0 Å². The summed E-state index contributed by atoms with van der Waals surface area (Å²) in [4.78, 5) is 0. The highest BCUT2D eigenvalue weighted by Gasteiger charge is 2.10. The lowest BCUT2D eigenvalue weighted by molar-refractivity contribution is 0.303. The van der Waals surface area contributed by atoms with Crippen LogP contribution in [0.25, 0.3) is 6.08 Å². The van der Waals surface area contributed by atoms with Crippen LogP contribution in [0.1, 0.15) is 11.1 Å². The van der Waals surface area contributed by atoms with Gasteiger partial charge in [-0.1, -0.05) is 46.3 Å². The van der Waals surface area contributed by atoms with E-state index < -0.39 is 0 Å². The zero-order valence-electron chi connectivity index (χ0n) is 11.4. The van der Waals surface area contributed by atoms with E-state index in [0.29, 0.717) is 17.9 Å². The van der Waals surface area contributed by atoms with Crippen molar-refractivity contribution < 1.29 is 4.74 Å². The first-order chi connectivity index (χ1) is 10.6. The van der Waals surface area contributed by atoms with Gasteiger partial charge in [0.2, 0.25) is 0 Å². The van der Waals surface area contributed by atoms with E-state index in [-0.39, 0.29) is 5.57 Å². The summed E-state index contributed by atoms with van der Waals surface area (Å²) >= 11 is 6.85. The van der Waals surface area contributed by atoms with Crippen molar-refractivity contribution >= 4 is 37.9 Å². The Morgan fingerprint density at radius 3 is 2.41 bits per heavy atom. The molecule has 2 aromatic rings. The summed E-state index contributed by atoms with van der Waals surface area (Å²) < 4.78 is 7.44. The normalized spacial score (nSPS) is 9.45. The lowest BCUT2D eigenvalue weighted by Gasteiger charge is -2.12. The van der Waals surface area contributed by atoms with Crippen molar-refractivity contribution in [3.8, 4) is 17.9 Å². The van der Waals surface area contributed by atoms with Crippen LogP contribution in [-0.2, 0) is 6.61 Å². The molecule has 0 aliphatic rings. The maximum atomic E-state index is 8.92. The Morgan fingerprint density at radius 1 is 1.09 bits per heavy atom. The third kappa shape index (κ3) is 4.21. The van der Waals surface area contributed by atoms with Gasteiger partial charge in [-0.3, -0.25) is 0 Å². The summed E-state index contributed by atoms with van der Waals surface area (Å²) in [5, 5.41) is 17.8. The van der Waals surface area contributed by atoms with Crippen LogP contribution in [0.4, 0.5) is 0 Å². The van der Waals surface area contributed by atoms with Gasteiger partial charge in [0.25, 0.3) is 0 Å². The van der Waals surface area contributed by atoms with E-state index >= 15 is 0 Å². The number of hydrogen-bond acceptors (Lipinski definition) is 3. The average Bonchev–Trinajstić information content (AvgIpc) is 2.52. The second-order valence-corrected chi connectivity index (χ2v) is 6.13. The molecule has 0 spiro atoms. The van der Waals surface area contributed by atoms with Crippen molar-refractivity contribution in [3.05, 3.63) is 68.1 Å². The van der Waals surface area contributed by atoms with Crippen LogP contribution in [0.15, 0.2) is 57.0 Å². The van der Waals surface area contributed by atoms with E-state index in [0.717, 1.165) is 14.5 Å². The number of benzene rings is 2. The van der Waals surface area contributed by atoms with Crippen LogP contribution in [0.5, 0.6) is 5.75 Å². The molecule has 3 nitrogen and oxygen atoms in total. The minimum atomic E-state index is 0.0227. The minimum absolute atomic E-state index is 0.0227. The lowest BCUT2D eigenvalue weighted by Crippen LogP contribution is -1.98. The number of hydrogen-bond donors (Lipinski definition) is 0. The predicted molar refractivity (Wildman–Crippen MR) is 91.8 cm³/mol. The molecule has 0 amide bonds. The quantitative estimate of drug-likeness (QED) is 0.640. The van der Waals surface area contributed by atoms with E-state index in [4.69, 9.17) is 15.3 Å². The smallest absolute Gasteiger partial charge is 0.141 e. The monoisotopic (exact) mass is 416 g/mol. The molecular weight excluding hydrogens is 408 g/mol. The van der Waals surface area contributed by atoms with Crippen molar-refractivity contribution in [2.75, 3.05) is 0 Å². The maximum absolute atomic E-state index is 8.92. The second kappa shape index (κ2) is 7.79. The molecule has 2 rings (SSSR count). The molecule has 0 aromatic heterocycles. The molecule has 0 unspecified atom stereocenters. The summed E-state index contributed by atoms with van der Waals surface area (Å²) in [5.41, 5.74) is 1.72. The molecule has 0 saturated heterocycles. The Morgan fingerprint density at radius 2 is 1.77 bits per heavy atom. The van der Waals surface area contributed by atoms with Crippen LogP contribution >= 0.6 is 31.9 Å². The topological polar surface area (TPSA) is 56.8 Å². The molecule has 0 radical (unpaired) electrons. The number of halogens is 2. The molecule has 5 heteroatoms. The number of rotatable bonds is 4. The number of allylic oxidation sites excluding steroid dienone is 1. The molecule has 2 aromatic carbocycles. The summed E-state index contributed by atoms with van der Waals surface area (Å²) in [5.74, 6) is 0.593. The Labute approximate surface area is 145 Å². The van der Waals surface area contributed by atoms with Gasteiger partial charge in [0.15, 0.2) is 0 Å². The van der Waals surface area contributed by atoms with Gasteiger partial charge in [-0.2, -0.15) is 10.5 Å². The van der Waals surface area contributed by atoms with Gasteiger partial charge >= 0.3 is 0 Å². The average molecular weight is 418 g/mol. The molecule has 0 bridgehead atoms. The van der Waals surface area contributed by atoms with Crippen LogP contribution in [0.3, 0.4) is 0 Å². The molecule has 0 heterocycles. The van der Waals surface area contributed by atoms with Crippen LogP contribution in [0, 0.1) is 22.7 Å². The summed E-state index contributed by atoms with van der Waals surface area (Å²) in [6.07, 6.45) is 1.51. The van der Waals surface area contributed by atoms with Crippen LogP contribution < -0.4 is 4.74 Å². The summed E-state index contributed by atoms with van der Waals surface area (Å²) in [7, 11) is 0. The number of nitriles is 2. The predicted octanol–water partition coefficient (Wildman–Crippen LogP) is 5.22. The fourth-order valence-corrected chi connectivity index (χ4v) is 3.19. The third-order valence-electron chi connectivity index (χ3n) is 2.80. The van der Waals surface area contributed by atoms with Crippen molar-refractivity contribution in [1.29, 1.82) is 10.5 Å². The van der Waals surface area contributed by atoms with Crippen molar-refractivity contribution in [1.82, 2.24) is 0 Å². The molecular formula is C17H10Br2N2O. The van der Waals surface area contributed by atoms with Crippen LogP contribution in [-0.4, -0.2) is 0 Å². The zero-order chi connectivity index (χ0) is 15.9. The van der Waals surface area contributed by atoms with Gasteiger partial charge in [0.1, 0.15) is 30.1 Å². The maximum Gasteiger partial charge on any atom is 0.141 e. The number of ether oxygens (including phenoxy) is 1. The first-order valence-corrected chi connectivity index (χ1v) is 7.90. The van der Waals surface area contributed by atoms with Gasteiger partial charge in [0, 0.05) is 10.0 Å².